The molecule has 0 atom stereocenters. The molecule has 0 aliphatic carbocycles. The Labute approximate surface area is 167 Å². The van der Waals surface area contributed by atoms with Gasteiger partial charge in [0.05, 0.1) is 0 Å². The van der Waals surface area contributed by atoms with Crippen LogP contribution in [0.5, 0.6) is 0 Å². The van der Waals surface area contributed by atoms with E-state index in [9.17, 15) is 0 Å². The predicted octanol–water partition coefficient (Wildman–Crippen LogP) is 7.99. The minimum atomic E-state index is -1.63. The third kappa shape index (κ3) is 5.40. The number of hydrogen-bond donors (Lipinski definition) is 0. The van der Waals surface area contributed by atoms with Crippen LogP contribution in [0.3, 0.4) is 0 Å². The Kier molecular flexibility index (Phi) is 10.3. The van der Waals surface area contributed by atoms with E-state index < -0.39 is 16.1 Å². The average molecular weight is 389 g/mol. The first-order valence-electron chi connectivity index (χ1n) is 10.6. The summed E-state index contributed by atoms with van der Waals surface area (Å²) >= 11 is 0. The van der Waals surface area contributed by atoms with Gasteiger partial charge in [-0.1, -0.05) is 94.9 Å². The summed E-state index contributed by atoms with van der Waals surface area (Å²) in [6.45, 7) is 28.3. The normalized spacial score (nSPS) is 13.2. The zero-order valence-electron chi connectivity index (χ0n) is 19.6. The Morgan fingerprint density at radius 3 is 0.769 bits per heavy atom. The molecule has 0 rings (SSSR count). The Morgan fingerprint density at radius 1 is 0.423 bits per heavy atom. The zero-order chi connectivity index (χ0) is 20.7. The van der Waals surface area contributed by atoms with E-state index in [1.807, 2.05) is 12.2 Å². The van der Waals surface area contributed by atoms with E-state index >= 15 is 0 Å². The van der Waals surface area contributed by atoms with Crippen molar-refractivity contribution in [1.29, 1.82) is 0 Å². The summed E-state index contributed by atoms with van der Waals surface area (Å²) in [5.74, 6) is 6.78. The van der Waals surface area contributed by atoms with Crippen molar-refractivity contribution in [2.24, 2.45) is 0 Å². The first kappa shape index (κ1) is 25.3. The van der Waals surface area contributed by atoms with Crippen molar-refractivity contribution >= 4 is 16.1 Å². The van der Waals surface area contributed by atoms with Gasteiger partial charge in [0.25, 0.3) is 0 Å². The Balaban J connectivity index is 5.67. The maximum Gasteiger partial charge on any atom is 0.146 e. The summed E-state index contributed by atoms with van der Waals surface area (Å²) < 4.78 is 0. The molecule has 0 aliphatic heterocycles. The van der Waals surface area contributed by atoms with E-state index in [0.29, 0.717) is 33.2 Å². The second-order valence-electron chi connectivity index (χ2n) is 9.67. The van der Waals surface area contributed by atoms with E-state index in [4.69, 9.17) is 0 Å². The van der Waals surface area contributed by atoms with Crippen LogP contribution in [0, 0.1) is 22.9 Å². The van der Waals surface area contributed by atoms with Gasteiger partial charge in [-0.3, -0.25) is 0 Å². The summed E-state index contributed by atoms with van der Waals surface area (Å²) in [4.78, 5) is 0. The van der Waals surface area contributed by atoms with E-state index in [2.05, 4.69) is 106 Å². The van der Waals surface area contributed by atoms with Crippen LogP contribution in [0.15, 0.2) is 12.2 Å². The van der Waals surface area contributed by atoms with Gasteiger partial charge in [-0.15, -0.1) is 11.1 Å². The van der Waals surface area contributed by atoms with Gasteiger partial charge in [-0.05, 0) is 45.4 Å². The Hall–Kier alpha value is -0.706. The average Bonchev–Trinajstić information content (AvgIpc) is 2.47. The molecule has 0 fully saturated rings. The quantitative estimate of drug-likeness (QED) is 0.319. The van der Waals surface area contributed by atoms with E-state index in [-0.39, 0.29) is 0 Å². The van der Waals surface area contributed by atoms with Crippen LogP contribution in [0.25, 0.3) is 0 Å². The van der Waals surface area contributed by atoms with Gasteiger partial charge in [0.15, 0.2) is 0 Å². The molecule has 0 aromatic heterocycles. The molecule has 0 aromatic rings. The summed E-state index contributed by atoms with van der Waals surface area (Å²) in [7, 11) is -3.26. The lowest BCUT2D eigenvalue weighted by Gasteiger charge is -2.38. The van der Waals surface area contributed by atoms with Crippen LogP contribution in [-0.2, 0) is 0 Å². The van der Waals surface area contributed by atoms with Crippen molar-refractivity contribution in [3.8, 4) is 22.9 Å². The van der Waals surface area contributed by atoms with Gasteiger partial charge in [0, 0.05) is 0 Å². The molecule has 0 unspecified atom stereocenters. The van der Waals surface area contributed by atoms with E-state index in [1.165, 1.54) is 0 Å². The minimum Gasteiger partial charge on any atom is -0.126 e. The van der Waals surface area contributed by atoms with Crippen LogP contribution in [0.4, 0.5) is 0 Å². The molecule has 2 heteroatoms. The minimum absolute atomic E-state index is 0.678. The molecule has 0 aromatic carbocycles. The van der Waals surface area contributed by atoms with Gasteiger partial charge in [-0.2, -0.15) is 0 Å². The van der Waals surface area contributed by atoms with Gasteiger partial charge in [0.1, 0.15) is 16.1 Å². The SMILES string of the molecule is CC(C)[Si](C#C/C=C/C#C[Si](C(C)C)(C(C)C)C(C)C)(C(C)C)C(C)C. The molecule has 0 amide bonds. The third-order valence-electron chi connectivity index (χ3n) is 6.56. The molecule has 0 radical (unpaired) electrons. The Morgan fingerprint density at radius 2 is 0.615 bits per heavy atom. The topological polar surface area (TPSA) is 0 Å². The molecule has 0 heterocycles. The summed E-state index contributed by atoms with van der Waals surface area (Å²) in [5, 5.41) is 0. The van der Waals surface area contributed by atoms with Gasteiger partial charge in [-0.25, -0.2) is 0 Å². The second kappa shape index (κ2) is 10.6. The van der Waals surface area contributed by atoms with Crippen molar-refractivity contribution in [3.05, 3.63) is 12.2 Å². The monoisotopic (exact) mass is 388 g/mol. The van der Waals surface area contributed by atoms with Gasteiger partial charge < -0.3 is 0 Å². The second-order valence-corrected chi connectivity index (χ2v) is 20.8. The highest BCUT2D eigenvalue weighted by Gasteiger charge is 2.42. The fourth-order valence-electron chi connectivity index (χ4n) is 5.28. The molecule has 0 spiro atoms. The number of allylic oxidation sites excluding steroid dienone is 2. The lowest BCUT2D eigenvalue weighted by atomic mass is 10.5. The lowest BCUT2D eigenvalue weighted by molar-refractivity contribution is 0.838. The van der Waals surface area contributed by atoms with E-state index in [0.717, 1.165) is 0 Å². The molecule has 0 aliphatic rings. The van der Waals surface area contributed by atoms with Crippen LogP contribution < -0.4 is 0 Å². The first-order chi connectivity index (χ1) is 11.9. The van der Waals surface area contributed by atoms with Gasteiger partial charge in [0.2, 0.25) is 0 Å². The number of rotatable bonds is 6. The van der Waals surface area contributed by atoms with Crippen molar-refractivity contribution < 1.29 is 0 Å². The third-order valence-corrected chi connectivity index (χ3v) is 19.2. The molecule has 0 bridgehead atoms. The van der Waals surface area contributed by atoms with Crippen LogP contribution in [0.1, 0.15) is 83.1 Å². The molecule has 0 saturated heterocycles. The highest BCUT2D eigenvalue weighted by atomic mass is 28.3. The van der Waals surface area contributed by atoms with E-state index in [1.54, 1.807) is 0 Å². The lowest BCUT2D eigenvalue weighted by Crippen LogP contribution is -2.43. The fourth-order valence-corrected chi connectivity index (χ4v) is 15.7. The van der Waals surface area contributed by atoms with Crippen LogP contribution in [-0.4, -0.2) is 16.1 Å². The number of hydrogen-bond acceptors (Lipinski definition) is 0. The summed E-state index contributed by atoms with van der Waals surface area (Å²) in [6, 6.07) is 0. The van der Waals surface area contributed by atoms with Crippen LogP contribution >= 0.6 is 0 Å². The van der Waals surface area contributed by atoms with Crippen LogP contribution in [0.2, 0.25) is 33.2 Å². The standard InChI is InChI=1S/C24H44Si2/c1-19(2)25(20(3)4,21(5)6)17-15-13-14-16-18-26(22(7)8,23(9)10)24(11)12/h13-14,19-24H,1-12H3/b14-13+. The molecule has 0 N–H and O–H groups in total. The molecule has 0 saturated carbocycles. The summed E-state index contributed by atoms with van der Waals surface area (Å²) in [5.41, 5.74) is 11.6. The fraction of sp³-hybridized carbons (Fsp3) is 0.750. The molecule has 0 nitrogen and oxygen atoms in total. The van der Waals surface area contributed by atoms with Crippen molar-refractivity contribution in [2.45, 2.75) is 116 Å². The smallest absolute Gasteiger partial charge is 0.126 e. The molecular formula is C24H44Si2. The molecular weight excluding hydrogens is 344 g/mol. The van der Waals surface area contributed by atoms with Crippen molar-refractivity contribution in [1.82, 2.24) is 0 Å². The molecule has 148 valence electrons. The first-order valence-corrected chi connectivity index (χ1v) is 15.0. The maximum atomic E-state index is 3.74. The largest absolute Gasteiger partial charge is 0.146 e. The Bertz CT molecular complexity index is 473. The summed E-state index contributed by atoms with van der Waals surface area (Å²) in [6.07, 6.45) is 4.00. The zero-order valence-corrected chi connectivity index (χ0v) is 21.6. The van der Waals surface area contributed by atoms with Gasteiger partial charge >= 0.3 is 0 Å². The van der Waals surface area contributed by atoms with Crippen molar-refractivity contribution in [3.63, 3.8) is 0 Å². The van der Waals surface area contributed by atoms with Crippen molar-refractivity contribution in [2.75, 3.05) is 0 Å². The predicted molar refractivity (Wildman–Crippen MR) is 127 cm³/mol. The highest BCUT2D eigenvalue weighted by molar-refractivity contribution is 6.91. The maximum absolute atomic E-state index is 3.74. The highest BCUT2D eigenvalue weighted by Crippen LogP contribution is 2.41. The molecule has 26 heavy (non-hydrogen) atoms.